The van der Waals surface area contributed by atoms with Gasteiger partial charge in [-0.3, -0.25) is 4.79 Å². The molecule has 98 valence electrons. The Hall–Kier alpha value is -1.22. The van der Waals surface area contributed by atoms with Gasteiger partial charge in [-0.2, -0.15) is 0 Å². The minimum atomic E-state index is -0.207. The molecule has 4 heteroatoms. The predicted octanol–water partition coefficient (Wildman–Crippen LogP) is 3.15. The molecule has 0 aromatic heterocycles. The Morgan fingerprint density at radius 1 is 1.33 bits per heavy atom. The molecule has 0 spiro atoms. The molecule has 2 rings (SSSR count). The second kappa shape index (κ2) is 6.10. The first-order valence-electron chi connectivity index (χ1n) is 6.48. The van der Waals surface area contributed by atoms with E-state index in [-0.39, 0.29) is 11.9 Å². The highest BCUT2D eigenvalue weighted by atomic mass is 35.5. The third-order valence-corrected chi connectivity index (χ3v) is 3.48. The number of rotatable bonds is 3. The zero-order valence-corrected chi connectivity index (χ0v) is 11.4. The summed E-state index contributed by atoms with van der Waals surface area (Å²) in [6.45, 7) is 3.68. The molecule has 1 aliphatic heterocycles. The van der Waals surface area contributed by atoms with E-state index in [4.69, 9.17) is 11.6 Å². The Balaban J connectivity index is 1.94. The van der Waals surface area contributed by atoms with Gasteiger partial charge in [0.2, 0.25) is 5.91 Å². The normalized spacial score (nSPS) is 17.3. The molecule has 0 bridgehead atoms. The van der Waals surface area contributed by atoms with Crippen LogP contribution in [0, 0.1) is 0 Å². The summed E-state index contributed by atoms with van der Waals surface area (Å²) in [6.07, 6.45) is 3.48. The molecule has 1 unspecified atom stereocenters. The lowest BCUT2D eigenvalue weighted by Gasteiger charge is -2.29. The molecule has 1 N–H and O–H groups in total. The number of anilines is 1. The van der Waals surface area contributed by atoms with E-state index in [1.54, 1.807) is 0 Å². The van der Waals surface area contributed by atoms with Crippen LogP contribution in [0.5, 0.6) is 0 Å². The summed E-state index contributed by atoms with van der Waals surface area (Å²) in [5, 5.41) is 3.88. The standard InChI is InChI=1S/C14H19ClN2O/c1-11(14(18)17-8-3-2-4-9-17)16-13-7-5-6-12(15)10-13/h5-7,10-11,16H,2-4,8-9H2,1H3. The molecule has 1 atom stereocenters. The van der Waals surface area contributed by atoms with Crippen LogP contribution in [0.15, 0.2) is 24.3 Å². The topological polar surface area (TPSA) is 32.3 Å². The Morgan fingerprint density at radius 2 is 2.06 bits per heavy atom. The number of amides is 1. The third-order valence-electron chi connectivity index (χ3n) is 3.25. The van der Waals surface area contributed by atoms with Crippen LogP contribution in [0.1, 0.15) is 26.2 Å². The van der Waals surface area contributed by atoms with E-state index in [1.807, 2.05) is 36.1 Å². The van der Waals surface area contributed by atoms with Gasteiger partial charge < -0.3 is 10.2 Å². The van der Waals surface area contributed by atoms with Crippen molar-refractivity contribution in [3.63, 3.8) is 0 Å². The van der Waals surface area contributed by atoms with Gasteiger partial charge in [0.25, 0.3) is 0 Å². The monoisotopic (exact) mass is 266 g/mol. The summed E-state index contributed by atoms with van der Waals surface area (Å²) in [4.78, 5) is 14.2. The molecule has 1 aromatic rings. The quantitative estimate of drug-likeness (QED) is 0.912. The van der Waals surface area contributed by atoms with Crippen LogP contribution in [0.4, 0.5) is 5.69 Å². The average molecular weight is 267 g/mol. The Bertz CT molecular complexity index is 416. The van der Waals surface area contributed by atoms with Crippen molar-refractivity contribution in [1.82, 2.24) is 4.90 Å². The van der Waals surface area contributed by atoms with Crippen molar-refractivity contribution in [2.75, 3.05) is 18.4 Å². The Morgan fingerprint density at radius 3 is 2.72 bits per heavy atom. The van der Waals surface area contributed by atoms with Crippen LogP contribution < -0.4 is 5.32 Å². The highest BCUT2D eigenvalue weighted by molar-refractivity contribution is 6.30. The summed E-state index contributed by atoms with van der Waals surface area (Å²) in [6, 6.07) is 7.25. The average Bonchev–Trinajstić information content (AvgIpc) is 2.39. The molecule has 1 aromatic carbocycles. The van der Waals surface area contributed by atoms with Gasteiger partial charge in [-0.15, -0.1) is 0 Å². The molecule has 1 fully saturated rings. The van der Waals surface area contributed by atoms with Gasteiger partial charge in [0.15, 0.2) is 0 Å². The van der Waals surface area contributed by atoms with Gasteiger partial charge >= 0.3 is 0 Å². The molecule has 1 aliphatic rings. The summed E-state index contributed by atoms with van der Waals surface area (Å²) < 4.78 is 0. The van der Waals surface area contributed by atoms with Gasteiger partial charge in [-0.1, -0.05) is 17.7 Å². The molecular formula is C14H19ClN2O. The van der Waals surface area contributed by atoms with E-state index >= 15 is 0 Å². The largest absolute Gasteiger partial charge is 0.374 e. The van der Waals surface area contributed by atoms with E-state index in [2.05, 4.69) is 5.32 Å². The number of nitrogens with one attached hydrogen (secondary N) is 1. The number of carbonyl (C=O) groups excluding carboxylic acids is 1. The van der Waals surface area contributed by atoms with E-state index in [0.29, 0.717) is 5.02 Å². The number of halogens is 1. The number of benzene rings is 1. The van der Waals surface area contributed by atoms with Gasteiger partial charge in [-0.05, 0) is 44.4 Å². The SMILES string of the molecule is CC(Nc1cccc(Cl)c1)C(=O)N1CCCCC1. The smallest absolute Gasteiger partial charge is 0.244 e. The van der Waals surface area contributed by atoms with Crippen LogP contribution >= 0.6 is 11.6 Å². The number of nitrogens with zero attached hydrogens (tertiary/aromatic N) is 1. The minimum absolute atomic E-state index is 0.176. The van der Waals surface area contributed by atoms with Crippen LogP contribution in [0.25, 0.3) is 0 Å². The predicted molar refractivity (Wildman–Crippen MR) is 75.0 cm³/mol. The van der Waals surface area contributed by atoms with Crippen molar-refractivity contribution >= 4 is 23.2 Å². The number of hydrogen-bond donors (Lipinski definition) is 1. The van der Waals surface area contributed by atoms with Crippen molar-refractivity contribution in [3.05, 3.63) is 29.3 Å². The van der Waals surface area contributed by atoms with Crippen LogP contribution in [-0.2, 0) is 4.79 Å². The molecule has 0 radical (unpaired) electrons. The number of piperidine rings is 1. The highest BCUT2D eigenvalue weighted by Gasteiger charge is 2.21. The Labute approximate surface area is 113 Å². The lowest BCUT2D eigenvalue weighted by molar-refractivity contribution is -0.132. The summed E-state index contributed by atoms with van der Waals surface area (Å²) in [7, 11) is 0. The number of likely N-dealkylation sites (tertiary alicyclic amines) is 1. The molecule has 0 saturated carbocycles. The second-order valence-corrected chi connectivity index (χ2v) is 5.20. The zero-order valence-electron chi connectivity index (χ0n) is 10.7. The number of hydrogen-bond acceptors (Lipinski definition) is 2. The molecule has 1 amide bonds. The summed E-state index contributed by atoms with van der Waals surface area (Å²) in [5.41, 5.74) is 0.889. The van der Waals surface area contributed by atoms with Crippen molar-refractivity contribution in [3.8, 4) is 0 Å². The van der Waals surface area contributed by atoms with Crippen LogP contribution in [-0.4, -0.2) is 29.9 Å². The molecule has 1 saturated heterocycles. The maximum Gasteiger partial charge on any atom is 0.244 e. The molecule has 0 aliphatic carbocycles. The lowest BCUT2D eigenvalue weighted by Crippen LogP contribution is -2.43. The maximum absolute atomic E-state index is 12.2. The second-order valence-electron chi connectivity index (χ2n) is 4.76. The lowest BCUT2D eigenvalue weighted by atomic mass is 10.1. The van der Waals surface area contributed by atoms with Crippen molar-refractivity contribution in [1.29, 1.82) is 0 Å². The molecule has 3 nitrogen and oxygen atoms in total. The number of carbonyl (C=O) groups is 1. The fourth-order valence-electron chi connectivity index (χ4n) is 2.28. The van der Waals surface area contributed by atoms with Crippen LogP contribution in [0.2, 0.25) is 5.02 Å². The fraction of sp³-hybridized carbons (Fsp3) is 0.500. The third kappa shape index (κ3) is 3.39. The van der Waals surface area contributed by atoms with E-state index in [9.17, 15) is 4.79 Å². The van der Waals surface area contributed by atoms with Crippen molar-refractivity contribution < 1.29 is 4.79 Å². The summed E-state index contributed by atoms with van der Waals surface area (Å²) >= 11 is 5.92. The van der Waals surface area contributed by atoms with Crippen molar-refractivity contribution in [2.24, 2.45) is 0 Å². The molecular weight excluding hydrogens is 248 g/mol. The van der Waals surface area contributed by atoms with Gasteiger partial charge in [0.05, 0.1) is 0 Å². The highest BCUT2D eigenvalue weighted by Crippen LogP contribution is 2.17. The maximum atomic E-state index is 12.2. The fourth-order valence-corrected chi connectivity index (χ4v) is 2.47. The summed E-state index contributed by atoms with van der Waals surface area (Å²) in [5.74, 6) is 0.176. The van der Waals surface area contributed by atoms with Crippen LogP contribution in [0.3, 0.4) is 0 Å². The first kappa shape index (κ1) is 13.2. The van der Waals surface area contributed by atoms with Gasteiger partial charge in [-0.25, -0.2) is 0 Å². The van der Waals surface area contributed by atoms with Gasteiger partial charge in [0.1, 0.15) is 6.04 Å². The van der Waals surface area contributed by atoms with Crippen molar-refractivity contribution in [2.45, 2.75) is 32.2 Å². The first-order chi connectivity index (χ1) is 8.66. The molecule has 18 heavy (non-hydrogen) atoms. The molecule has 1 heterocycles. The Kier molecular flexibility index (Phi) is 4.48. The minimum Gasteiger partial charge on any atom is -0.374 e. The zero-order chi connectivity index (χ0) is 13.0. The van der Waals surface area contributed by atoms with E-state index in [0.717, 1.165) is 31.6 Å². The van der Waals surface area contributed by atoms with E-state index in [1.165, 1.54) is 6.42 Å². The van der Waals surface area contributed by atoms with E-state index < -0.39 is 0 Å². The first-order valence-corrected chi connectivity index (χ1v) is 6.85. The van der Waals surface area contributed by atoms with Gasteiger partial charge in [0, 0.05) is 23.8 Å².